The van der Waals surface area contributed by atoms with Crippen LogP contribution in [0, 0.1) is 0 Å². The summed E-state index contributed by atoms with van der Waals surface area (Å²) in [6, 6.07) is 7.11. The zero-order chi connectivity index (χ0) is 12.5. The number of hydrogen-bond acceptors (Lipinski definition) is 1. The molecule has 0 bridgehead atoms. The van der Waals surface area contributed by atoms with Gasteiger partial charge in [0.25, 0.3) is 0 Å². The number of fused-ring (bicyclic) bond motifs is 1. The lowest BCUT2D eigenvalue weighted by Crippen LogP contribution is -2.27. The van der Waals surface area contributed by atoms with E-state index in [2.05, 4.69) is 48.2 Å². The minimum absolute atomic E-state index is 0.557. The van der Waals surface area contributed by atoms with Crippen LogP contribution in [0.25, 0.3) is 17.0 Å². The fourth-order valence-corrected chi connectivity index (χ4v) is 3.02. The van der Waals surface area contributed by atoms with Gasteiger partial charge >= 0.3 is 0 Å². The van der Waals surface area contributed by atoms with Crippen LogP contribution in [0.1, 0.15) is 36.8 Å². The van der Waals surface area contributed by atoms with Gasteiger partial charge in [-0.1, -0.05) is 25.6 Å². The van der Waals surface area contributed by atoms with Gasteiger partial charge in [0.05, 0.1) is 0 Å². The van der Waals surface area contributed by atoms with Crippen molar-refractivity contribution in [3.05, 3.63) is 42.1 Å². The van der Waals surface area contributed by atoms with E-state index in [1.54, 1.807) is 0 Å². The first kappa shape index (κ1) is 11.5. The first-order valence-corrected chi connectivity index (χ1v) is 6.76. The number of nitrogens with one attached hydrogen (secondary N) is 2. The molecule has 2 heteroatoms. The van der Waals surface area contributed by atoms with Crippen LogP contribution >= 0.6 is 0 Å². The molecule has 1 saturated heterocycles. The standard InChI is InChI=1S/C16H20N2/c1-3-12-6-7-16-13(9-12)14(10-18-16)11(2)15-5-4-8-17-15/h3,6-7,9-11,15,17-18H,1,4-5,8H2,2H3. The number of aromatic amines is 1. The first-order valence-electron chi connectivity index (χ1n) is 6.76. The van der Waals surface area contributed by atoms with Crippen LogP contribution in [0.15, 0.2) is 31.0 Å². The second kappa shape index (κ2) is 4.62. The van der Waals surface area contributed by atoms with E-state index in [4.69, 9.17) is 0 Å². The Kier molecular flexibility index (Phi) is 2.96. The molecular weight excluding hydrogens is 220 g/mol. The molecule has 3 rings (SSSR count). The maximum Gasteiger partial charge on any atom is 0.0457 e. The van der Waals surface area contributed by atoms with Crippen LogP contribution in [0.5, 0.6) is 0 Å². The van der Waals surface area contributed by atoms with Gasteiger partial charge in [0.1, 0.15) is 0 Å². The molecule has 0 amide bonds. The van der Waals surface area contributed by atoms with Crippen molar-refractivity contribution >= 4 is 17.0 Å². The van der Waals surface area contributed by atoms with Crippen LogP contribution in [0.2, 0.25) is 0 Å². The Morgan fingerprint density at radius 1 is 1.44 bits per heavy atom. The third kappa shape index (κ3) is 1.87. The van der Waals surface area contributed by atoms with E-state index in [-0.39, 0.29) is 0 Å². The molecule has 1 aromatic carbocycles. The van der Waals surface area contributed by atoms with E-state index in [0.29, 0.717) is 12.0 Å². The maximum atomic E-state index is 3.85. The topological polar surface area (TPSA) is 27.8 Å². The summed E-state index contributed by atoms with van der Waals surface area (Å²) in [5.74, 6) is 0.557. The van der Waals surface area contributed by atoms with E-state index in [1.807, 2.05) is 6.08 Å². The van der Waals surface area contributed by atoms with Gasteiger partial charge in [-0.3, -0.25) is 0 Å². The van der Waals surface area contributed by atoms with Crippen LogP contribution in [-0.4, -0.2) is 17.6 Å². The highest BCUT2D eigenvalue weighted by Gasteiger charge is 2.24. The van der Waals surface area contributed by atoms with E-state index in [1.165, 1.54) is 34.9 Å². The summed E-state index contributed by atoms with van der Waals surface area (Å²) in [4.78, 5) is 3.38. The number of H-pyrrole nitrogens is 1. The molecule has 2 heterocycles. The lowest BCUT2D eigenvalue weighted by Gasteiger charge is -2.19. The Hall–Kier alpha value is -1.54. The molecule has 0 aliphatic carbocycles. The zero-order valence-corrected chi connectivity index (χ0v) is 10.9. The fraction of sp³-hybridized carbons (Fsp3) is 0.375. The van der Waals surface area contributed by atoms with E-state index < -0.39 is 0 Å². The minimum Gasteiger partial charge on any atom is -0.361 e. The molecule has 1 aromatic heterocycles. The van der Waals surface area contributed by atoms with Gasteiger partial charge in [0, 0.05) is 23.1 Å². The Morgan fingerprint density at radius 3 is 3.06 bits per heavy atom. The highest BCUT2D eigenvalue weighted by atomic mass is 14.9. The molecule has 2 N–H and O–H groups in total. The molecule has 1 aliphatic rings. The molecule has 0 radical (unpaired) electrons. The lowest BCUT2D eigenvalue weighted by atomic mass is 9.91. The summed E-state index contributed by atoms with van der Waals surface area (Å²) in [6.07, 6.45) is 6.67. The van der Waals surface area contributed by atoms with Crippen molar-refractivity contribution in [3.63, 3.8) is 0 Å². The van der Waals surface area contributed by atoms with Crippen LogP contribution in [-0.2, 0) is 0 Å². The van der Waals surface area contributed by atoms with Crippen molar-refractivity contribution in [1.82, 2.24) is 10.3 Å². The van der Waals surface area contributed by atoms with Gasteiger partial charge in [0.15, 0.2) is 0 Å². The predicted molar refractivity (Wildman–Crippen MR) is 77.8 cm³/mol. The Morgan fingerprint density at radius 2 is 2.33 bits per heavy atom. The second-order valence-electron chi connectivity index (χ2n) is 5.24. The van der Waals surface area contributed by atoms with Gasteiger partial charge in [-0.05, 0) is 48.6 Å². The smallest absolute Gasteiger partial charge is 0.0457 e. The molecule has 0 spiro atoms. The van der Waals surface area contributed by atoms with Gasteiger partial charge in [-0.2, -0.15) is 0 Å². The molecule has 2 nitrogen and oxygen atoms in total. The molecular formula is C16H20N2. The fourth-order valence-electron chi connectivity index (χ4n) is 3.02. The van der Waals surface area contributed by atoms with Crippen LogP contribution < -0.4 is 5.32 Å². The van der Waals surface area contributed by atoms with Crippen molar-refractivity contribution in [2.45, 2.75) is 31.7 Å². The third-order valence-electron chi connectivity index (χ3n) is 4.17. The van der Waals surface area contributed by atoms with Crippen LogP contribution in [0.3, 0.4) is 0 Å². The number of hydrogen-bond donors (Lipinski definition) is 2. The normalized spacial score (nSPS) is 21.3. The monoisotopic (exact) mass is 240 g/mol. The summed E-state index contributed by atoms with van der Waals surface area (Å²) in [5, 5.41) is 4.95. The Balaban J connectivity index is 2.02. The van der Waals surface area contributed by atoms with Crippen LogP contribution in [0.4, 0.5) is 0 Å². The average molecular weight is 240 g/mol. The summed E-state index contributed by atoms with van der Waals surface area (Å²) in [6.45, 7) is 7.34. The first-order chi connectivity index (χ1) is 8.79. The molecule has 94 valence electrons. The molecule has 18 heavy (non-hydrogen) atoms. The van der Waals surface area contributed by atoms with Crippen molar-refractivity contribution in [2.75, 3.05) is 6.54 Å². The third-order valence-corrected chi connectivity index (χ3v) is 4.17. The lowest BCUT2D eigenvalue weighted by molar-refractivity contribution is 0.520. The summed E-state index contributed by atoms with van der Waals surface area (Å²) < 4.78 is 0. The van der Waals surface area contributed by atoms with Crippen molar-refractivity contribution in [3.8, 4) is 0 Å². The zero-order valence-electron chi connectivity index (χ0n) is 10.9. The summed E-state index contributed by atoms with van der Waals surface area (Å²) in [7, 11) is 0. The number of aromatic nitrogens is 1. The van der Waals surface area contributed by atoms with Crippen molar-refractivity contribution in [2.24, 2.45) is 0 Å². The maximum absolute atomic E-state index is 3.85. The molecule has 0 saturated carbocycles. The molecule has 2 unspecified atom stereocenters. The van der Waals surface area contributed by atoms with E-state index >= 15 is 0 Å². The molecule has 2 aromatic rings. The van der Waals surface area contributed by atoms with E-state index in [0.717, 1.165) is 6.54 Å². The number of benzene rings is 1. The molecule has 1 aliphatic heterocycles. The highest BCUT2D eigenvalue weighted by molar-refractivity contribution is 5.86. The largest absolute Gasteiger partial charge is 0.361 e. The Bertz CT molecular complexity index is 561. The van der Waals surface area contributed by atoms with Gasteiger partial charge in [-0.25, -0.2) is 0 Å². The minimum atomic E-state index is 0.557. The highest BCUT2D eigenvalue weighted by Crippen LogP contribution is 2.31. The SMILES string of the molecule is C=Cc1ccc2[nH]cc(C(C)C3CCCN3)c2c1. The second-order valence-corrected chi connectivity index (χ2v) is 5.24. The van der Waals surface area contributed by atoms with Gasteiger partial charge in [-0.15, -0.1) is 0 Å². The molecule has 2 atom stereocenters. The molecule has 1 fully saturated rings. The van der Waals surface area contributed by atoms with Crippen molar-refractivity contribution < 1.29 is 0 Å². The summed E-state index contributed by atoms with van der Waals surface area (Å²) >= 11 is 0. The summed E-state index contributed by atoms with van der Waals surface area (Å²) in [5.41, 5.74) is 3.84. The number of rotatable bonds is 3. The van der Waals surface area contributed by atoms with Crippen molar-refractivity contribution in [1.29, 1.82) is 0 Å². The quantitative estimate of drug-likeness (QED) is 0.841. The van der Waals surface area contributed by atoms with Gasteiger partial charge < -0.3 is 10.3 Å². The predicted octanol–water partition coefficient (Wildman–Crippen LogP) is 3.67. The van der Waals surface area contributed by atoms with E-state index in [9.17, 15) is 0 Å². The average Bonchev–Trinajstić information content (AvgIpc) is 3.06. The van der Waals surface area contributed by atoms with Gasteiger partial charge in [0.2, 0.25) is 0 Å². The Labute approximate surface area is 108 Å².